The molecule has 2 aromatic rings. The van der Waals surface area contributed by atoms with E-state index < -0.39 is 18.0 Å². The number of hydrogen-bond donors (Lipinski definition) is 0. The molecule has 1 nitrogen and oxygen atoms in total. The third kappa shape index (κ3) is 2.99. The lowest BCUT2D eigenvalue weighted by molar-refractivity contribution is -0.144. The van der Waals surface area contributed by atoms with E-state index in [1.165, 1.54) is 0 Å². The van der Waals surface area contributed by atoms with Crippen molar-refractivity contribution < 1.29 is 18.0 Å². The molecule has 0 bridgehead atoms. The molecule has 1 unspecified atom stereocenters. The van der Waals surface area contributed by atoms with Gasteiger partial charge in [-0.3, -0.25) is 4.79 Å². The Kier molecular flexibility index (Phi) is 3.86. The first kappa shape index (κ1) is 17.7. The lowest BCUT2D eigenvalue weighted by Gasteiger charge is -2.39. The van der Waals surface area contributed by atoms with Crippen LogP contribution in [0.25, 0.3) is 0 Å². The van der Waals surface area contributed by atoms with Crippen LogP contribution in [0.4, 0.5) is 13.2 Å². The Hall–Kier alpha value is -2.10. The quantitative estimate of drug-likeness (QED) is 0.639. The van der Waals surface area contributed by atoms with E-state index in [-0.39, 0.29) is 11.2 Å². The highest BCUT2D eigenvalue weighted by atomic mass is 19.4. The van der Waals surface area contributed by atoms with E-state index in [0.29, 0.717) is 22.3 Å². The Labute approximate surface area is 145 Å². The number of hydrogen-bond acceptors (Lipinski definition) is 1. The van der Waals surface area contributed by atoms with E-state index in [1.807, 2.05) is 26.8 Å². The zero-order valence-electron chi connectivity index (χ0n) is 14.8. The Morgan fingerprint density at radius 1 is 0.920 bits per heavy atom. The van der Waals surface area contributed by atoms with Gasteiger partial charge in [-0.2, -0.15) is 13.2 Å². The van der Waals surface area contributed by atoms with Crippen LogP contribution < -0.4 is 0 Å². The summed E-state index contributed by atoms with van der Waals surface area (Å²) < 4.78 is 40.3. The van der Waals surface area contributed by atoms with Crippen molar-refractivity contribution in [2.24, 2.45) is 0 Å². The summed E-state index contributed by atoms with van der Waals surface area (Å²) >= 11 is 0. The van der Waals surface area contributed by atoms with Crippen molar-refractivity contribution in [3.8, 4) is 0 Å². The van der Waals surface area contributed by atoms with E-state index in [9.17, 15) is 18.0 Å². The number of carbonyl (C=O) groups is 1. The van der Waals surface area contributed by atoms with Crippen LogP contribution in [0.1, 0.15) is 66.7 Å². The maximum Gasteiger partial charge on any atom is 0.390 e. The van der Waals surface area contributed by atoms with Crippen molar-refractivity contribution in [3.63, 3.8) is 0 Å². The lowest BCUT2D eigenvalue weighted by atomic mass is 9.64. The molecule has 0 saturated carbocycles. The Morgan fingerprint density at radius 2 is 1.52 bits per heavy atom. The van der Waals surface area contributed by atoms with Gasteiger partial charge >= 0.3 is 6.18 Å². The molecule has 0 spiro atoms. The largest absolute Gasteiger partial charge is 0.390 e. The first-order chi connectivity index (χ1) is 11.4. The van der Waals surface area contributed by atoms with Gasteiger partial charge < -0.3 is 0 Å². The number of carbonyl (C=O) groups excluding carboxylic acids is 1. The molecule has 1 aliphatic carbocycles. The molecular weight excluding hydrogens is 325 g/mol. The maximum atomic E-state index is 13.4. The average Bonchev–Trinajstić information content (AvgIpc) is 2.50. The minimum absolute atomic E-state index is 0.203. The Morgan fingerprint density at radius 3 is 2.12 bits per heavy atom. The first-order valence-corrected chi connectivity index (χ1v) is 8.29. The van der Waals surface area contributed by atoms with Gasteiger partial charge in [-0.05, 0) is 22.1 Å². The van der Waals surface area contributed by atoms with Crippen LogP contribution in [0.5, 0.6) is 0 Å². The van der Waals surface area contributed by atoms with Crippen molar-refractivity contribution in [2.45, 2.75) is 51.1 Å². The van der Waals surface area contributed by atoms with E-state index in [0.717, 1.165) is 5.56 Å². The third-order valence-corrected chi connectivity index (χ3v) is 5.04. The van der Waals surface area contributed by atoms with Crippen LogP contribution in [-0.4, -0.2) is 12.0 Å². The summed E-state index contributed by atoms with van der Waals surface area (Å²) in [5, 5.41) is 0. The summed E-state index contributed by atoms with van der Waals surface area (Å²) in [5.74, 6) is -0.203. The molecular formula is C21H21F3O. The molecule has 0 N–H and O–H groups in total. The second kappa shape index (κ2) is 5.45. The molecule has 1 atom stereocenters. The minimum atomic E-state index is -4.34. The molecule has 0 fully saturated rings. The second-order valence-corrected chi connectivity index (χ2v) is 8.01. The fraction of sp³-hybridized carbons (Fsp3) is 0.381. The molecule has 0 radical (unpaired) electrons. The predicted molar refractivity (Wildman–Crippen MR) is 92.1 cm³/mol. The fourth-order valence-corrected chi connectivity index (χ4v) is 3.71. The van der Waals surface area contributed by atoms with Crippen molar-refractivity contribution in [2.75, 3.05) is 0 Å². The summed E-state index contributed by atoms with van der Waals surface area (Å²) in [5.41, 5.74) is 1.10. The fourth-order valence-electron chi connectivity index (χ4n) is 3.71. The minimum Gasteiger partial charge on any atom is -0.289 e. The van der Waals surface area contributed by atoms with Crippen molar-refractivity contribution in [1.82, 2.24) is 0 Å². The summed E-state index contributed by atoms with van der Waals surface area (Å²) in [7, 11) is 0. The molecule has 0 aromatic heterocycles. The monoisotopic (exact) mass is 346 g/mol. The third-order valence-electron chi connectivity index (χ3n) is 5.04. The van der Waals surface area contributed by atoms with Crippen molar-refractivity contribution in [3.05, 3.63) is 70.3 Å². The highest BCUT2D eigenvalue weighted by Gasteiger charge is 2.47. The number of fused-ring (bicyclic) bond motifs is 2. The van der Waals surface area contributed by atoms with Crippen LogP contribution >= 0.6 is 0 Å². The van der Waals surface area contributed by atoms with Gasteiger partial charge in [-0.25, -0.2) is 0 Å². The first-order valence-electron chi connectivity index (χ1n) is 8.29. The van der Waals surface area contributed by atoms with Gasteiger partial charge in [-0.15, -0.1) is 0 Å². The predicted octanol–water partition coefficient (Wildman–Crippen LogP) is 5.79. The summed E-state index contributed by atoms with van der Waals surface area (Å²) in [6, 6.07) is 12.0. The number of rotatable bonds is 1. The average molecular weight is 346 g/mol. The van der Waals surface area contributed by atoms with Crippen LogP contribution in [0.3, 0.4) is 0 Å². The summed E-state index contributed by atoms with van der Waals surface area (Å²) in [6.07, 6.45) is -5.33. The number of halogens is 3. The zero-order valence-corrected chi connectivity index (χ0v) is 14.8. The molecule has 0 amide bonds. The van der Waals surface area contributed by atoms with Gasteiger partial charge in [-0.1, -0.05) is 70.2 Å². The molecule has 0 aliphatic heterocycles. The van der Waals surface area contributed by atoms with Crippen LogP contribution in [0.2, 0.25) is 0 Å². The SMILES string of the molecule is CC(C)(C)c1ccc2c(c1)C(C)(CC(F)(F)F)c1ccccc1C2=O. The second-order valence-electron chi connectivity index (χ2n) is 8.01. The molecule has 0 heterocycles. The van der Waals surface area contributed by atoms with Gasteiger partial charge in [0.05, 0.1) is 6.42 Å². The van der Waals surface area contributed by atoms with Crippen LogP contribution in [-0.2, 0) is 10.8 Å². The topological polar surface area (TPSA) is 17.1 Å². The lowest BCUT2D eigenvalue weighted by Crippen LogP contribution is -2.37. The molecule has 132 valence electrons. The van der Waals surface area contributed by atoms with Crippen molar-refractivity contribution >= 4 is 5.78 Å². The summed E-state index contributed by atoms with van der Waals surface area (Å²) in [6.45, 7) is 7.62. The van der Waals surface area contributed by atoms with Crippen molar-refractivity contribution in [1.29, 1.82) is 0 Å². The van der Waals surface area contributed by atoms with E-state index in [1.54, 1.807) is 43.3 Å². The van der Waals surface area contributed by atoms with Gasteiger partial charge in [0.2, 0.25) is 0 Å². The smallest absolute Gasteiger partial charge is 0.289 e. The van der Waals surface area contributed by atoms with Gasteiger partial charge in [0.25, 0.3) is 0 Å². The maximum absolute atomic E-state index is 13.4. The number of alkyl halides is 3. The summed E-state index contributed by atoms with van der Waals surface area (Å²) in [4.78, 5) is 12.8. The van der Waals surface area contributed by atoms with E-state index >= 15 is 0 Å². The highest BCUT2D eigenvalue weighted by Crippen LogP contribution is 2.48. The molecule has 1 aliphatic rings. The van der Waals surface area contributed by atoms with Crippen LogP contribution in [0.15, 0.2) is 42.5 Å². The molecule has 25 heavy (non-hydrogen) atoms. The van der Waals surface area contributed by atoms with Crippen LogP contribution in [0, 0.1) is 0 Å². The molecule has 4 heteroatoms. The zero-order chi connectivity index (χ0) is 18.6. The number of ketones is 1. The van der Waals surface area contributed by atoms with Gasteiger partial charge in [0.15, 0.2) is 5.78 Å². The molecule has 2 aromatic carbocycles. The highest BCUT2D eigenvalue weighted by molar-refractivity contribution is 6.13. The standard InChI is InChI=1S/C21H21F3O/c1-19(2,3)13-9-10-15-17(11-13)20(4,12-21(22,23)24)16-8-6-5-7-14(16)18(15)25/h5-11H,12H2,1-4H3. The Bertz CT molecular complexity index is 843. The van der Waals surface area contributed by atoms with E-state index in [4.69, 9.17) is 0 Å². The molecule has 3 rings (SSSR count). The van der Waals surface area contributed by atoms with Gasteiger partial charge in [0.1, 0.15) is 0 Å². The Balaban J connectivity index is 2.32. The van der Waals surface area contributed by atoms with E-state index in [2.05, 4.69) is 0 Å². The number of benzene rings is 2. The van der Waals surface area contributed by atoms with Gasteiger partial charge in [0, 0.05) is 16.5 Å². The molecule has 0 saturated heterocycles. The normalized spacial score (nSPS) is 20.2.